The van der Waals surface area contributed by atoms with E-state index in [1.165, 1.54) is 13.1 Å². The summed E-state index contributed by atoms with van der Waals surface area (Å²) in [6.07, 6.45) is 0.329. The molecule has 0 aromatic carbocycles. The Kier molecular flexibility index (Phi) is 9.21. The lowest BCUT2D eigenvalue weighted by molar-refractivity contribution is -0.0207. The van der Waals surface area contributed by atoms with Gasteiger partial charge >= 0.3 is 17.1 Å². The van der Waals surface area contributed by atoms with Gasteiger partial charge in [-0.15, -0.1) is 6.58 Å². The summed E-state index contributed by atoms with van der Waals surface area (Å²) in [7, 11) is 1.26. The standard InChI is InChI=1S/C16H27N3O7/c1-4-6-18-14(22)17(3)15(23)19(16(18)24)9-13(21)11-26-8-7-25-10-12(20)5-2/h4,12-13,20-21H,1,5-11H2,2-3H3. The van der Waals surface area contributed by atoms with Gasteiger partial charge in [-0.1, -0.05) is 13.0 Å². The SMILES string of the molecule is C=CCn1c(=O)n(C)c(=O)n(CC(O)COCCOCC(O)CC)c1=O. The van der Waals surface area contributed by atoms with Crippen LogP contribution in [0.15, 0.2) is 27.0 Å². The summed E-state index contributed by atoms with van der Waals surface area (Å²) in [5, 5.41) is 19.3. The van der Waals surface area contributed by atoms with Crippen molar-refractivity contribution in [3.8, 4) is 0 Å². The van der Waals surface area contributed by atoms with Gasteiger partial charge in [-0.05, 0) is 6.42 Å². The van der Waals surface area contributed by atoms with Crippen LogP contribution in [0.1, 0.15) is 13.3 Å². The Hall–Kier alpha value is -2.01. The van der Waals surface area contributed by atoms with Gasteiger partial charge in [-0.2, -0.15) is 0 Å². The molecule has 1 rings (SSSR count). The third kappa shape index (κ3) is 6.06. The van der Waals surface area contributed by atoms with E-state index in [1.54, 1.807) is 0 Å². The van der Waals surface area contributed by atoms with E-state index in [-0.39, 0.29) is 39.5 Å². The average Bonchev–Trinajstić information content (AvgIpc) is 2.63. The molecule has 10 nitrogen and oxygen atoms in total. The van der Waals surface area contributed by atoms with Gasteiger partial charge in [0, 0.05) is 7.05 Å². The lowest BCUT2D eigenvalue weighted by Gasteiger charge is -2.15. The first-order valence-corrected chi connectivity index (χ1v) is 8.36. The van der Waals surface area contributed by atoms with E-state index in [0.717, 1.165) is 13.7 Å². The van der Waals surface area contributed by atoms with Gasteiger partial charge in [0.25, 0.3) is 0 Å². The number of aliphatic hydroxyl groups is 2. The zero-order chi connectivity index (χ0) is 19.7. The third-order valence-electron chi connectivity index (χ3n) is 3.67. The molecule has 26 heavy (non-hydrogen) atoms. The molecule has 0 saturated heterocycles. The molecule has 0 aliphatic carbocycles. The van der Waals surface area contributed by atoms with Crippen molar-refractivity contribution in [2.75, 3.05) is 26.4 Å². The molecule has 0 bridgehead atoms. The van der Waals surface area contributed by atoms with Crippen LogP contribution in [0.25, 0.3) is 0 Å². The Balaban J connectivity index is 2.63. The number of nitrogens with zero attached hydrogens (tertiary/aromatic N) is 3. The molecule has 2 N–H and O–H groups in total. The minimum Gasteiger partial charge on any atom is -0.391 e. The van der Waals surface area contributed by atoms with Crippen LogP contribution in [0.5, 0.6) is 0 Å². The lowest BCUT2D eigenvalue weighted by atomic mass is 10.3. The van der Waals surface area contributed by atoms with E-state index in [4.69, 9.17) is 9.47 Å². The Morgan fingerprint density at radius 1 is 1.00 bits per heavy atom. The zero-order valence-electron chi connectivity index (χ0n) is 15.2. The van der Waals surface area contributed by atoms with Crippen molar-refractivity contribution in [2.45, 2.75) is 38.6 Å². The predicted molar refractivity (Wildman–Crippen MR) is 94.3 cm³/mol. The van der Waals surface area contributed by atoms with E-state index < -0.39 is 29.3 Å². The fraction of sp³-hybridized carbons (Fsp3) is 0.688. The molecular formula is C16H27N3O7. The molecule has 0 fully saturated rings. The highest BCUT2D eigenvalue weighted by Crippen LogP contribution is 1.92. The van der Waals surface area contributed by atoms with Gasteiger partial charge in [0.1, 0.15) is 0 Å². The highest BCUT2D eigenvalue weighted by atomic mass is 16.5. The molecule has 1 heterocycles. The van der Waals surface area contributed by atoms with Crippen LogP contribution < -0.4 is 17.1 Å². The summed E-state index contributed by atoms with van der Waals surface area (Å²) in [4.78, 5) is 36.3. The molecule has 2 unspecified atom stereocenters. The number of aromatic nitrogens is 3. The molecule has 0 amide bonds. The summed E-state index contributed by atoms with van der Waals surface area (Å²) in [5.74, 6) is 0. The first-order valence-electron chi connectivity index (χ1n) is 8.36. The van der Waals surface area contributed by atoms with E-state index in [2.05, 4.69) is 6.58 Å². The van der Waals surface area contributed by atoms with Crippen molar-refractivity contribution in [1.82, 2.24) is 13.7 Å². The van der Waals surface area contributed by atoms with Gasteiger partial charge in [0.15, 0.2) is 0 Å². The second-order valence-corrected chi connectivity index (χ2v) is 5.78. The van der Waals surface area contributed by atoms with Gasteiger partial charge < -0.3 is 19.7 Å². The van der Waals surface area contributed by atoms with Gasteiger partial charge in [-0.3, -0.25) is 0 Å². The maximum absolute atomic E-state index is 12.3. The van der Waals surface area contributed by atoms with E-state index in [9.17, 15) is 24.6 Å². The molecular weight excluding hydrogens is 346 g/mol. The Morgan fingerprint density at radius 3 is 2.08 bits per heavy atom. The van der Waals surface area contributed by atoms with Crippen LogP contribution in [-0.2, 0) is 29.6 Å². The van der Waals surface area contributed by atoms with Crippen LogP contribution in [0.3, 0.4) is 0 Å². The highest BCUT2D eigenvalue weighted by molar-refractivity contribution is 4.82. The summed E-state index contributed by atoms with van der Waals surface area (Å²) < 4.78 is 12.9. The summed E-state index contributed by atoms with van der Waals surface area (Å²) in [5.41, 5.74) is -2.36. The van der Waals surface area contributed by atoms with Crippen molar-refractivity contribution < 1.29 is 19.7 Å². The molecule has 10 heteroatoms. The van der Waals surface area contributed by atoms with Crippen molar-refractivity contribution in [2.24, 2.45) is 7.05 Å². The molecule has 0 saturated carbocycles. The maximum atomic E-state index is 12.3. The highest BCUT2D eigenvalue weighted by Gasteiger charge is 2.15. The summed E-state index contributed by atoms with van der Waals surface area (Å²) in [6.45, 7) is 5.49. The molecule has 1 aromatic heterocycles. The monoisotopic (exact) mass is 373 g/mol. The predicted octanol–water partition coefficient (Wildman–Crippen LogP) is -1.94. The zero-order valence-corrected chi connectivity index (χ0v) is 15.2. The minimum atomic E-state index is -1.11. The lowest BCUT2D eigenvalue weighted by Crippen LogP contribution is -2.54. The Bertz CT molecular complexity index is 750. The molecule has 0 aliphatic rings. The first kappa shape index (κ1) is 22.0. The molecule has 0 spiro atoms. The van der Waals surface area contributed by atoms with Crippen LogP contribution >= 0.6 is 0 Å². The quantitative estimate of drug-likeness (QED) is 0.323. The van der Waals surface area contributed by atoms with Gasteiger partial charge in [0.2, 0.25) is 0 Å². The smallest absolute Gasteiger partial charge is 0.336 e. The second-order valence-electron chi connectivity index (χ2n) is 5.78. The third-order valence-corrected chi connectivity index (χ3v) is 3.67. The van der Waals surface area contributed by atoms with E-state index in [0.29, 0.717) is 6.42 Å². The average molecular weight is 373 g/mol. The summed E-state index contributed by atoms with van der Waals surface area (Å²) >= 11 is 0. The largest absolute Gasteiger partial charge is 0.391 e. The first-order chi connectivity index (χ1) is 12.3. The fourth-order valence-electron chi connectivity index (χ4n) is 2.13. The molecule has 0 radical (unpaired) electrons. The van der Waals surface area contributed by atoms with Crippen molar-refractivity contribution in [3.05, 3.63) is 44.1 Å². The number of rotatable bonds is 12. The van der Waals surface area contributed by atoms with Crippen LogP contribution in [-0.4, -0.2) is 62.5 Å². The fourth-order valence-corrected chi connectivity index (χ4v) is 2.13. The Labute approximate surface area is 150 Å². The molecule has 148 valence electrons. The number of ether oxygens (including phenoxy) is 2. The number of hydrogen-bond donors (Lipinski definition) is 2. The number of allylic oxidation sites excluding steroid dienone is 1. The van der Waals surface area contributed by atoms with Crippen molar-refractivity contribution >= 4 is 0 Å². The second kappa shape index (κ2) is 10.9. The molecule has 0 aliphatic heterocycles. The topological polar surface area (TPSA) is 125 Å². The van der Waals surface area contributed by atoms with Gasteiger partial charge in [0.05, 0.1) is 51.7 Å². The molecule has 1 aromatic rings. The number of aliphatic hydroxyl groups excluding tert-OH is 2. The van der Waals surface area contributed by atoms with Crippen LogP contribution in [0.2, 0.25) is 0 Å². The van der Waals surface area contributed by atoms with Crippen LogP contribution in [0.4, 0.5) is 0 Å². The Morgan fingerprint density at radius 2 is 1.54 bits per heavy atom. The van der Waals surface area contributed by atoms with Crippen LogP contribution in [0, 0.1) is 0 Å². The molecule has 2 atom stereocenters. The van der Waals surface area contributed by atoms with Gasteiger partial charge in [-0.25, -0.2) is 28.1 Å². The summed E-state index contributed by atoms with van der Waals surface area (Å²) in [6, 6.07) is 0. The van der Waals surface area contributed by atoms with E-state index >= 15 is 0 Å². The van der Waals surface area contributed by atoms with Crippen molar-refractivity contribution in [1.29, 1.82) is 0 Å². The number of hydrogen-bond acceptors (Lipinski definition) is 7. The van der Waals surface area contributed by atoms with E-state index in [1.807, 2.05) is 6.92 Å². The maximum Gasteiger partial charge on any atom is 0.336 e. The minimum absolute atomic E-state index is 0.0423. The van der Waals surface area contributed by atoms with Crippen molar-refractivity contribution in [3.63, 3.8) is 0 Å². The normalized spacial score (nSPS) is 13.5.